The van der Waals surface area contributed by atoms with Crippen molar-refractivity contribution in [2.75, 3.05) is 16.8 Å². The van der Waals surface area contributed by atoms with Gasteiger partial charge < -0.3 is 10.2 Å². The Kier molecular flexibility index (Phi) is 5.93. The van der Waals surface area contributed by atoms with Gasteiger partial charge in [-0.15, -0.1) is 11.3 Å². The summed E-state index contributed by atoms with van der Waals surface area (Å²) in [5.41, 5.74) is 4.39. The smallest absolute Gasteiger partial charge is 0.230 e. The second kappa shape index (κ2) is 9.04. The van der Waals surface area contributed by atoms with Gasteiger partial charge in [0.15, 0.2) is 0 Å². The van der Waals surface area contributed by atoms with Gasteiger partial charge in [-0.2, -0.15) is 9.78 Å². The molecule has 3 heterocycles. The van der Waals surface area contributed by atoms with Crippen molar-refractivity contribution >= 4 is 46.3 Å². The Labute approximate surface area is 206 Å². The lowest BCUT2D eigenvalue weighted by Crippen LogP contribution is -2.28. The molecule has 0 aliphatic carbocycles. The summed E-state index contributed by atoms with van der Waals surface area (Å²) >= 11 is 7.42. The van der Waals surface area contributed by atoms with Crippen molar-refractivity contribution in [1.82, 2.24) is 14.8 Å². The van der Waals surface area contributed by atoms with Crippen molar-refractivity contribution in [2.45, 2.75) is 20.3 Å². The molecular weight excluding hydrogens is 470 g/mol. The second-order valence-corrected chi connectivity index (χ2v) is 9.61. The molecule has 7 nitrogen and oxygen atoms in total. The SMILES string of the molecule is Cc1cccc(N2CC(C(=O)Nc3cc(C)nn3-c3nc(-c4ccc(Cl)cc4)cs3)CC2=O)c1. The van der Waals surface area contributed by atoms with E-state index >= 15 is 0 Å². The van der Waals surface area contributed by atoms with Crippen LogP contribution in [0.2, 0.25) is 5.02 Å². The Hall–Kier alpha value is -3.49. The van der Waals surface area contributed by atoms with Gasteiger partial charge in [0, 0.05) is 40.7 Å². The first kappa shape index (κ1) is 22.3. The molecule has 1 saturated heterocycles. The number of aryl methyl sites for hydroxylation is 2. The Bertz CT molecular complexity index is 1380. The summed E-state index contributed by atoms with van der Waals surface area (Å²) in [6.45, 7) is 4.19. The molecule has 1 aliphatic heterocycles. The third-order valence-electron chi connectivity index (χ3n) is 5.71. The molecule has 0 spiro atoms. The zero-order chi connectivity index (χ0) is 23.8. The summed E-state index contributed by atoms with van der Waals surface area (Å²) in [6, 6.07) is 17.0. The van der Waals surface area contributed by atoms with E-state index < -0.39 is 5.92 Å². The van der Waals surface area contributed by atoms with Crippen molar-refractivity contribution < 1.29 is 9.59 Å². The van der Waals surface area contributed by atoms with E-state index in [1.54, 1.807) is 15.6 Å². The van der Waals surface area contributed by atoms with E-state index in [2.05, 4.69) is 10.4 Å². The topological polar surface area (TPSA) is 80.1 Å². The third-order valence-corrected chi connectivity index (χ3v) is 6.77. The van der Waals surface area contributed by atoms with Gasteiger partial charge in [-0.05, 0) is 43.7 Å². The van der Waals surface area contributed by atoms with Crippen LogP contribution in [0.3, 0.4) is 0 Å². The van der Waals surface area contributed by atoms with Gasteiger partial charge in [-0.1, -0.05) is 35.9 Å². The van der Waals surface area contributed by atoms with Gasteiger partial charge in [-0.25, -0.2) is 4.98 Å². The van der Waals surface area contributed by atoms with E-state index in [4.69, 9.17) is 16.6 Å². The summed E-state index contributed by atoms with van der Waals surface area (Å²) < 4.78 is 1.63. The van der Waals surface area contributed by atoms with Crippen LogP contribution in [0.5, 0.6) is 0 Å². The number of hydrogen-bond donors (Lipinski definition) is 1. The molecule has 2 amide bonds. The molecule has 1 N–H and O–H groups in total. The molecule has 2 aromatic carbocycles. The standard InChI is InChI=1S/C25H22ClN5O2S/c1-15-4-3-5-20(10-15)30-13-18(12-23(30)32)24(33)28-22-11-16(2)29-31(22)25-27-21(14-34-25)17-6-8-19(26)9-7-17/h3-11,14,18H,12-13H2,1-2H3,(H,28,33). The quantitative estimate of drug-likeness (QED) is 0.413. The number of rotatable bonds is 5. The average molecular weight is 492 g/mol. The first-order valence-corrected chi connectivity index (χ1v) is 12.1. The van der Waals surface area contributed by atoms with Crippen LogP contribution in [0.15, 0.2) is 60.0 Å². The number of benzene rings is 2. The van der Waals surface area contributed by atoms with E-state index in [0.717, 1.165) is 28.2 Å². The predicted molar refractivity (Wildman–Crippen MR) is 135 cm³/mol. The van der Waals surface area contributed by atoms with Crippen LogP contribution in [-0.4, -0.2) is 33.1 Å². The highest BCUT2D eigenvalue weighted by molar-refractivity contribution is 7.12. The molecule has 1 unspecified atom stereocenters. The van der Waals surface area contributed by atoms with Crippen LogP contribution in [-0.2, 0) is 9.59 Å². The maximum atomic E-state index is 13.1. The minimum atomic E-state index is -0.447. The number of amides is 2. The van der Waals surface area contributed by atoms with E-state index in [9.17, 15) is 9.59 Å². The van der Waals surface area contributed by atoms with Crippen molar-refractivity contribution in [3.8, 4) is 16.4 Å². The molecule has 172 valence electrons. The maximum absolute atomic E-state index is 13.1. The highest BCUT2D eigenvalue weighted by atomic mass is 35.5. The number of halogens is 1. The first-order chi connectivity index (χ1) is 16.4. The largest absolute Gasteiger partial charge is 0.312 e. The van der Waals surface area contributed by atoms with Crippen molar-refractivity contribution in [1.29, 1.82) is 0 Å². The van der Waals surface area contributed by atoms with Crippen LogP contribution < -0.4 is 10.2 Å². The number of aromatic nitrogens is 3. The summed E-state index contributed by atoms with van der Waals surface area (Å²) in [6.07, 6.45) is 0.171. The molecular formula is C25H22ClN5O2S. The predicted octanol–water partition coefficient (Wildman–Crippen LogP) is 5.26. The fraction of sp³-hybridized carbons (Fsp3) is 0.200. The summed E-state index contributed by atoms with van der Waals surface area (Å²) in [7, 11) is 0. The van der Waals surface area contributed by atoms with Gasteiger partial charge in [0.1, 0.15) is 5.82 Å². The number of carbonyl (C=O) groups is 2. The monoisotopic (exact) mass is 491 g/mol. The molecule has 0 radical (unpaired) electrons. The van der Waals surface area contributed by atoms with Crippen LogP contribution in [0.25, 0.3) is 16.4 Å². The highest BCUT2D eigenvalue weighted by Gasteiger charge is 2.35. The van der Waals surface area contributed by atoms with Gasteiger partial charge in [-0.3, -0.25) is 9.59 Å². The molecule has 1 atom stereocenters. The first-order valence-electron chi connectivity index (χ1n) is 10.8. The van der Waals surface area contributed by atoms with Gasteiger partial charge in [0.2, 0.25) is 16.9 Å². The third kappa shape index (κ3) is 4.47. The zero-order valence-electron chi connectivity index (χ0n) is 18.7. The molecule has 0 saturated carbocycles. The minimum Gasteiger partial charge on any atom is -0.312 e. The van der Waals surface area contributed by atoms with Crippen molar-refractivity contribution in [3.05, 3.63) is 76.3 Å². The van der Waals surface area contributed by atoms with E-state index in [-0.39, 0.29) is 18.2 Å². The number of anilines is 2. The Morgan fingerprint density at radius 2 is 1.94 bits per heavy atom. The van der Waals surface area contributed by atoms with Crippen LogP contribution in [0, 0.1) is 19.8 Å². The van der Waals surface area contributed by atoms with Crippen LogP contribution in [0.4, 0.5) is 11.5 Å². The lowest BCUT2D eigenvalue weighted by molar-refractivity contribution is -0.122. The molecule has 1 aliphatic rings. The summed E-state index contributed by atoms with van der Waals surface area (Å²) in [5.74, 6) is -0.180. The average Bonchev–Trinajstić information content (AvgIpc) is 3.53. The Balaban J connectivity index is 1.34. The molecule has 1 fully saturated rings. The molecule has 0 bridgehead atoms. The number of nitrogens with one attached hydrogen (secondary N) is 1. The van der Waals surface area contributed by atoms with E-state index in [1.807, 2.05) is 67.8 Å². The number of carbonyl (C=O) groups excluding carboxylic acids is 2. The zero-order valence-corrected chi connectivity index (χ0v) is 20.2. The molecule has 34 heavy (non-hydrogen) atoms. The van der Waals surface area contributed by atoms with Crippen molar-refractivity contribution in [2.24, 2.45) is 5.92 Å². The molecule has 9 heteroatoms. The molecule has 5 rings (SSSR count). The number of hydrogen-bond acceptors (Lipinski definition) is 5. The van der Waals surface area contributed by atoms with Gasteiger partial charge >= 0.3 is 0 Å². The second-order valence-electron chi connectivity index (χ2n) is 8.34. The normalized spacial score (nSPS) is 15.7. The lowest BCUT2D eigenvalue weighted by atomic mass is 10.1. The number of thiazole rings is 1. The van der Waals surface area contributed by atoms with Crippen LogP contribution >= 0.6 is 22.9 Å². The molecule has 2 aromatic heterocycles. The molecule has 4 aromatic rings. The van der Waals surface area contributed by atoms with E-state index in [0.29, 0.717) is 22.5 Å². The number of nitrogens with zero attached hydrogens (tertiary/aromatic N) is 4. The minimum absolute atomic E-state index is 0.0528. The Morgan fingerprint density at radius 1 is 1.15 bits per heavy atom. The van der Waals surface area contributed by atoms with Gasteiger partial charge in [0.25, 0.3) is 0 Å². The fourth-order valence-electron chi connectivity index (χ4n) is 4.01. The maximum Gasteiger partial charge on any atom is 0.230 e. The van der Waals surface area contributed by atoms with Crippen LogP contribution in [0.1, 0.15) is 17.7 Å². The fourth-order valence-corrected chi connectivity index (χ4v) is 4.93. The van der Waals surface area contributed by atoms with Gasteiger partial charge in [0.05, 0.1) is 17.3 Å². The van der Waals surface area contributed by atoms with Crippen molar-refractivity contribution in [3.63, 3.8) is 0 Å². The lowest BCUT2D eigenvalue weighted by Gasteiger charge is -2.17. The summed E-state index contributed by atoms with van der Waals surface area (Å²) in [5, 5.41) is 10.7. The van der Waals surface area contributed by atoms with E-state index in [1.165, 1.54) is 11.3 Å². The summed E-state index contributed by atoms with van der Waals surface area (Å²) in [4.78, 5) is 32.1. The highest BCUT2D eigenvalue weighted by Crippen LogP contribution is 2.29. The Morgan fingerprint density at radius 3 is 2.71 bits per heavy atom.